The standard InChI is InChI=1S/C15H24N2O3S2/c1-6-17(7-2)22(19,20)12-8-9-14(16-10-12)21-11-13(18)15(3,4)5/h8-10H,6-7,11H2,1-5H3. The average molecular weight is 345 g/mol. The highest BCUT2D eigenvalue weighted by Gasteiger charge is 2.23. The van der Waals surface area contributed by atoms with Crippen molar-refractivity contribution in [2.45, 2.75) is 44.5 Å². The van der Waals surface area contributed by atoms with Crippen LogP contribution in [0.15, 0.2) is 28.3 Å². The maximum Gasteiger partial charge on any atom is 0.244 e. The molecule has 0 aliphatic rings. The number of pyridine rings is 1. The van der Waals surface area contributed by atoms with Crippen molar-refractivity contribution in [3.05, 3.63) is 18.3 Å². The first-order valence-corrected chi connectivity index (χ1v) is 9.67. The van der Waals surface area contributed by atoms with Crippen LogP contribution in [0.4, 0.5) is 0 Å². The molecule has 0 aromatic carbocycles. The third-order valence-corrected chi connectivity index (χ3v) is 6.22. The van der Waals surface area contributed by atoms with E-state index in [4.69, 9.17) is 0 Å². The number of hydrogen-bond acceptors (Lipinski definition) is 5. The summed E-state index contributed by atoms with van der Waals surface area (Å²) in [6, 6.07) is 3.20. The van der Waals surface area contributed by atoms with Crippen LogP contribution in [0.1, 0.15) is 34.6 Å². The van der Waals surface area contributed by atoms with Gasteiger partial charge in [0.25, 0.3) is 0 Å². The number of thioether (sulfide) groups is 1. The van der Waals surface area contributed by atoms with Gasteiger partial charge in [0.15, 0.2) is 0 Å². The van der Waals surface area contributed by atoms with Gasteiger partial charge >= 0.3 is 0 Å². The first kappa shape index (κ1) is 19.1. The fourth-order valence-electron chi connectivity index (χ4n) is 1.67. The molecule has 0 saturated heterocycles. The van der Waals surface area contributed by atoms with E-state index >= 15 is 0 Å². The zero-order chi connectivity index (χ0) is 17.0. The lowest BCUT2D eigenvalue weighted by Crippen LogP contribution is -2.30. The van der Waals surface area contributed by atoms with Gasteiger partial charge in [0.2, 0.25) is 10.0 Å². The normalized spacial score (nSPS) is 12.6. The topological polar surface area (TPSA) is 67.3 Å². The van der Waals surface area contributed by atoms with Crippen LogP contribution in [0.5, 0.6) is 0 Å². The Morgan fingerprint density at radius 2 is 1.82 bits per heavy atom. The first-order chi connectivity index (χ1) is 10.1. The van der Waals surface area contributed by atoms with Gasteiger partial charge in [-0.15, -0.1) is 0 Å². The minimum absolute atomic E-state index is 0.138. The maximum atomic E-state index is 12.3. The molecule has 0 unspecified atom stereocenters. The van der Waals surface area contributed by atoms with Crippen molar-refractivity contribution in [1.82, 2.24) is 9.29 Å². The van der Waals surface area contributed by atoms with Gasteiger partial charge in [-0.05, 0) is 12.1 Å². The Morgan fingerprint density at radius 3 is 2.23 bits per heavy atom. The summed E-state index contributed by atoms with van der Waals surface area (Å²) in [4.78, 5) is 16.2. The molecular weight excluding hydrogens is 320 g/mol. The van der Waals surface area contributed by atoms with E-state index in [0.29, 0.717) is 23.9 Å². The predicted octanol–water partition coefficient (Wildman–Crippen LogP) is 2.82. The van der Waals surface area contributed by atoms with Crippen LogP contribution < -0.4 is 0 Å². The molecule has 0 atom stereocenters. The van der Waals surface area contributed by atoms with Crippen molar-refractivity contribution in [1.29, 1.82) is 0 Å². The Kier molecular flexibility index (Phi) is 6.58. The SMILES string of the molecule is CCN(CC)S(=O)(=O)c1ccc(SCC(=O)C(C)(C)C)nc1. The predicted molar refractivity (Wildman–Crippen MR) is 89.5 cm³/mol. The summed E-state index contributed by atoms with van der Waals surface area (Å²) in [5.41, 5.74) is -0.376. The second kappa shape index (κ2) is 7.57. The fraction of sp³-hybridized carbons (Fsp3) is 0.600. The molecule has 1 aromatic rings. The molecule has 124 valence electrons. The van der Waals surface area contributed by atoms with E-state index in [2.05, 4.69) is 4.98 Å². The Hall–Kier alpha value is -0.920. The Labute approximate surface area is 137 Å². The third kappa shape index (κ3) is 4.79. The molecule has 0 N–H and O–H groups in total. The van der Waals surface area contributed by atoms with Crippen LogP contribution in [0.3, 0.4) is 0 Å². The average Bonchev–Trinajstić information content (AvgIpc) is 2.45. The van der Waals surface area contributed by atoms with Crippen LogP contribution in [-0.2, 0) is 14.8 Å². The largest absolute Gasteiger partial charge is 0.298 e. The summed E-state index contributed by atoms with van der Waals surface area (Å²) >= 11 is 1.33. The van der Waals surface area contributed by atoms with Crippen molar-refractivity contribution in [3.8, 4) is 0 Å². The summed E-state index contributed by atoms with van der Waals surface area (Å²) in [5, 5.41) is 0.649. The lowest BCUT2D eigenvalue weighted by molar-refractivity contribution is -0.123. The van der Waals surface area contributed by atoms with Crippen LogP contribution in [0.2, 0.25) is 0 Å². The molecule has 0 saturated carbocycles. The molecule has 1 aromatic heterocycles. The van der Waals surface area contributed by atoms with Crippen molar-refractivity contribution < 1.29 is 13.2 Å². The van der Waals surface area contributed by atoms with E-state index < -0.39 is 10.0 Å². The highest BCUT2D eigenvalue weighted by atomic mass is 32.2. The van der Waals surface area contributed by atoms with E-state index in [-0.39, 0.29) is 16.1 Å². The maximum absolute atomic E-state index is 12.3. The van der Waals surface area contributed by atoms with Gasteiger partial charge in [-0.2, -0.15) is 4.31 Å². The number of ketones is 1. The molecular formula is C15H24N2O3S2. The zero-order valence-electron chi connectivity index (χ0n) is 13.8. The van der Waals surface area contributed by atoms with Crippen LogP contribution in [-0.4, -0.2) is 42.3 Å². The Balaban J connectivity index is 2.81. The quantitative estimate of drug-likeness (QED) is 0.712. The van der Waals surface area contributed by atoms with Crippen LogP contribution in [0.25, 0.3) is 0 Å². The zero-order valence-corrected chi connectivity index (χ0v) is 15.4. The number of carbonyl (C=O) groups excluding carboxylic acids is 1. The number of Topliss-reactive ketones (excluding diaryl/α,β-unsaturated/α-hetero) is 1. The summed E-state index contributed by atoms with van der Waals surface area (Å²) in [7, 11) is -3.48. The van der Waals surface area contributed by atoms with Gasteiger partial charge in [0.05, 0.1) is 10.8 Å². The Morgan fingerprint density at radius 1 is 1.23 bits per heavy atom. The van der Waals surface area contributed by atoms with Crippen molar-refractivity contribution >= 4 is 27.6 Å². The van der Waals surface area contributed by atoms with Gasteiger partial charge in [-0.3, -0.25) is 4.79 Å². The molecule has 1 heterocycles. The number of sulfonamides is 1. The third-order valence-electron chi connectivity index (χ3n) is 3.24. The number of aromatic nitrogens is 1. The smallest absolute Gasteiger partial charge is 0.244 e. The molecule has 22 heavy (non-hydrogen) atoms. The lowest BCUT2D eigenvalue weighted by Gasteiger charge is -2.18. The summed E-state index contributed by atoms with van der Waals surface area (Å²) in [6.07, 6.45) is 1.36. The molecule has 0 amide bonds. The molecule has 0 bridgehead atoms. The van der Waals surface area contributed by atoms with Gasteiger partial charge in [0.1, 0.15) is 10.7 Å². The summed E-state index contributed by atoms with van der Waals surface area (Å²) in [6.45, 7) is 10.1. The van der Waals surface area contributed by atoms with E-state index in [1.54, 1.807) is 26.0 Å². The van der Waals surface area contributed by atoms with E-state index in [0.717, 1.165) is 0 Å². The van der Waals surface area contributed by atoms with Crippen LogP contribution >= 0.6 is 11.8 Å². The Bertz CT molecular complexity index is 601. The van der Waals surface area contributed by atoms with Gasteiger partial charge in [0, 0.05) is 24.7 Å². The molecule has 0 spiro atoms. The fourth-order valence-corrected chi connectivity index (χ4v) is 4.08. The second-order valence-electron chi connectivity index (χ2n) is 5.88. The van der Waals surface area contributed by atoms with Gasteiger partial charge in [-0.1, -0.05) is 46.4 Å². The minimum Gasteiger partial charge on any atom is -0.298 e. The number of hydrogen-bond donors (Lipinski definition) is 0. The molecule has 0 aliphatic heterocycles. The van der Waals surface area contributed by atoms with Crippen molar-refractivity contribution in [2.24, 2.45) is 5.41 Å². The molecule has 0 fully saturated rings. The number of rotatable bonds is 7. The summed E-state index contributed by atoms with van der Waals surface area (Å²) in [5.74, 6) is 0.470. The monoisotopic (exact) mass is 344 g/mol. The molecule has 1 rings (SSSR count). The van der Waals surface area contributed by atoms with Crippen molar-refractivity contribution in [3.63, 3.8) is 0 Å². The first-order valence-electron chi connectivity index (χ1n) is 7.25. The van der Waals surface area contributed by atoms with E-state index in [1.165, 1.54) is 22.3 Å². The van der Waals surface area contributed by atoms with E-state index in [9.17, 15) is 13.2 Å². The highest BCUT2D eigenvalue weighted by Crippen LogP contribution is 2.23. The second-order valence-corrected chi connectivity index (χ2v) is 8.82. The summed E-state index contributed by atoms with van der Waals surface area (Å²) < 4.78 is 26.0. The van der Waals surface area contributed by atoms with Gasteiger partial charge < -0.3 is 0 Å². The molecule has 0 aliphatic carbocycles. The van der Waals surface area contributed by atoms with Crippen molar-refractivity contribution in [2.75, 3.05) is 18.8 Å². The lowest BCUT2D eigenvalue weighted by atomic mass is 9.92. The van der Waals surface area contributed by atoms with Crippen LogP contribution in [0, 0.1) is 5.41 Å². The minimum atomic E-state index is -3.48. The molecule has 5 nitrogen and oxygen atoms in total. The van der Waals surface area contributed by atoms with Gasteiger partial charge in [-0.25, -0.2) is 13.4 Å². The van der Waals surface area contributed by atoms with E-state index in [1.807, 2.05) is 20.8 Å². The molecule has 0 radical (unpaired) electrons. The number of nitrogens with zero attached hydrogens (tertiary/aromatic N) is 2. The number of carbonyl (C=O) groups is 1. The molecule has 7 heteroatoms. The highest BCUT2D eigenvalue weighted by molar-refractivity contribution is 7.99.